The molecule has 4 nitrogen and oxygen atoms in total. The number of piperidine rings is 2. The summed E-state index contributed by atoms with van der Waals surface area (Å²) in [6, 6.07) is 4.50. The van der Waals surface area contributed by atoms with Crippen LogP contribution in [-0.4, -0.2) is 22.2 Å². The zero-order valence-corrected chi connectivity index (χ0v) is 20.7. The van der Waals surface area contributed by atoms with E-state index in [1.54, 1.807) is 0 Å². The van der Waals surface area contributed by atoms with Gasteiger partial charge in [0, 0.05) is 35.2 Å². The van der Waals surface area contributed by atoms with Gasteiger partial charge < -0.3 is 22.1 Å². The predicted octanol–water partition coefficient (Wildman–Crippen LogP) is 4.65. The van der Waals surface area contributed by atoms with E-state index in [2.05, 4.69) is 78.2 Å². The molecule has 1 aromatic carbocycles. The Bertz CT molecular complexity index is 678. The van der Waals surface area contributed by atoms with E-state index in [1.807, 2.05) is 0 Å². The van der Waals surface area contributed by atoms with Crippen molar-refractivity contribution in [3.8, 4) is 0 Å². The number of rotatable bonds is 4. The van der Waals surface area contributed by atoms with E-state index in [1.165, 1.54) is 22.3 Å². The molecule has 2 aliphatic rings. The summed E-state index contributed by atoms with van der Waals surface area (Å²) < 4.78 is 0. The van der Waals surface area contributed by atoms with Crippen LogP contribution in [0.5, 0.6) is 0 Å². The minimum atomic E-state index is 0.0982. The molecule has 4 heteroatoms. The number of nitrogens with two attached hydrogens (primary N) is 2. The highest BCUT2D eigenvalue weighted by atomic mass is 15.1. The average molecular weight is 415 g/mol. The smallest absolute Gasteiger partial charge is 0.0181 e. The first-order chi connectivity index (χ1) is 13.7. The van der Waals surface area contributed by atoms with Gasteiger partial charge in [-0.1, -0.05) is 12.1 Å². The molecule has 0 aromatic heterocycles. The van der Waals surface area contributed by atoms with Gasteiger partial charge in [0.05, 0.1) is 0 Å². The summed E-state index contributed by atoms with van der Waals surface area (Å²) in [5.74, 6) is 0.995. The molecule has 0 unspecified atom stereocenters. The molecule has 170 valence electrons. The van der Waals surface area contributed by atoms with Crippen molar-refractivity contribution in [3.63, 3.8) is 0 Å². The fourth-order valence-electron chi connectivity index (χ4n) is 7.10. The normalized spacial score (nSPS) is 25.9. The molecule has 0 amide bonds. The Hall–Kier alpha value is -0.940. The Balaban J connectivity index is 2.18. The fraction of sp³-hybridized carbons (Fsp3) is 0.769. The van der Waals surface area contributed by atoms with Crippen molar-refractivity contribution in [1.29, 1.82) is 0 Å². The van der Waals surface area contributed by atoms with Crippen LogP contribution in [0.15, 0.2) is 12.1 Å². The van der Waals surface area contributed by atoms with Crippen molar-refractivity contribution in [3.05, 3.63) is 34.4 Å². The van der Waals surface area contributed by atoms with Crippen LogP contribution in [0, 0.1) is 0 Å². The number of hydrogen-bond donors (Lipinski definition) is 4. The molecule has 0 atom stereocenters. The third-order valence-corrected chi connectivity index (χ3v) is 7.10. The van der Waals surface area contributed by atoms with Crippen molar-refractivity contribution in [2.24, 2.45) is 11.5 Å². The van der Waals surface area contributed by atoms with Crippen LogP contribution < -0.4 is 22.1 Å². The van der Waals surface area contributed by atoms with Gasteiger partial charge in [0.1, 0.15) is 0 Å². The van der Waals surface area contributed by atoms with Crippen molar-refractivity contribution in [2.45, 2.75) is 128 Å². The van der Waals surface area contributed by atoms with E-state index in [0.29, 0.717) is 24.9 Å². The molecule has 3 rings (SSSR count). The van der Waals surface area contributed by atoms with Crippen molar-refractivity contribution in [1.82, 2.24) is 10.6 Å². The van der Waals surface area contributed by atoms with Gasteiger partial charge in [-0.05, 0) is 115 Å². The molecule has 0 aliphatic carbocycles. The van der Waals surface area contributed by atoms with Crippen LogP contribution in [0.3, 0.4) is 0 Å². The van der Waals surface area contributed by atoms with E-state index < -0.39 is 0 Å². The Morgan fingerprint density at radius 2 is 0.900 bits per heavy atom. The summed E-state index contributed by atoms with van der Waals surface area (Å²) in [4.78, 5) is 0. The van der Waals surface area contributed by atoms with E-state index in [0.717, 1.165) is 25.7 Å². The highest BCUT2D eigenvalue weighted by Crippen LogP contribution is 2.48. The summed E-state index contributed by atoms with van der Waals surface area (Å²) in [6.45, 7) is 19.9. The van der Waals surface area contributed by atoms with E-state index in [4.69, 9.17) is 11.5 Å². The van der Waals surface area contributed by atoms with Crippen LogP contribution in [0.1, 0.15) is 115 Å². The maximum Gasteiger partial charge on any atom is 0.0181 e. The predicted molar refractivity (Wildman–Crippen MR) is 129 cm³/mol. The van der Waals surface area contributed by atoms with Gasteiger partial charge >= 0.3 is 0 Å². The zero-order valence-electron chi connectivity index (χ0n) is 20.7. The molecule has 2 heterocycles. The summed E-state index contributed by atoms with van der Waals surface area (Å²) in [6.07, 6.45) is 4.51. The van der Waals surface area contributed by atoms with Crippen molar-refractivity contribution >= 4 is 0 Å². The average Bonchev–Trinajstić information content (AvgIpc) is 2.54. The first kappa shape index (κ1) is 23.7. The van der Waals surface area contributed by atoms with Crippen LogP contribution in [0.2, 0.25) is 0 Å². The fourth-order valence-corrected chi connectivity index (χ4v) is 7.10. The highest BCUT2D eigenvalue weighted by Gasteiger charge is 2.43. The summed E-state index contributed by atoms with van der Waals surface area (Å²) in [5.41, 5.74) is 18.7. The highest BCUT2D eigenvalue weighted by molar-refractivity contribution is 5.47. The monoisotopic (exact) mass is 414 g/mol. The minimum Gasteiger partial charge on any atom is -0.326 e. The van der Waals surface area contributed by atoms with Gasteiger partial charge in [0.15, 0.2) is 0 Å². The third kappa shape index (κ3) is 5.09. The molecule has 0 radical (unpaired) electrons. The molecule has 0 bridgehead atoms. The lowest BCUT2D eigenvalue weighted by Gasteiger charge is -2.50. The number of nitrogens with one attached hydrogen (secondary N) is 2. The number of hydrogen-bond acceptors (Lipinski definition) is 4. The standard InChI is InChI=1S/C26H46N4/c1-23(2)11-19(12-24(3,4)29-23)21-17(15-27)9-10-18(16-28)22(21)20-13-25(5,6)30-26(7,8)14-20/h9-10,19-20,29-30H,11-16,27-28H2,1-8H3. The van der Waals surface area contributed by atoms with Gasteiger partial charge in [-0.3, -0.25) is 0 Å². The first-order valence-electron chi connectivity index (χ1n) is 11.8. The van der Waals surface area contributed by atoms with Crippen LogP contribution in [-0.2, 0) is 13.1 Å². The van der Waals surface area contributed by atoms with Gasteiger partial charge in [-0.2, -0.15) is 0 Å². The lowest BCUT2D eigenvalue weighted by atomic mass is 9.66. The SMILES string of the molecule is CC1(C)CC(c2c(CN)ccc(CN)c2C2CC(C)(C)NC(C)(C)C2)CC(C)(C)N1. The Labute approximate surface area is 184 Å². The second kappa shape index (κ2) is 7.88. The summed E-state index contributed by atoms with van der Waals surface area (Å²) in [7, 11) is 0. The third-order valence-electron chi connectivity index (χ3n) is 7.10. The van der Waals surface area contributed by atoms with E-state index in [9.17, 15) is 0 Å². The molecule has 0 spiro atoms. The Kier molecular flexibility index (Phi) is 6.23. The topological polar surface area (TPSA) is 76.1 Å². The number of benzene rings is 1. The van der Waals surface area contributed by atoms with Gasteiger partial charge in [-0.15, -0.1) is 0 Å². The van der Waals surface area contributed by atoms with Gasteiger partial charge in [-0.25, -0.2) is 0 Å². The first-order valence-corrected chi connectivity index (χ1v) is 11.8. The molecular weight excluding hydrogens is 368 g/mol. The van der Waals surface area contributed by atoms with Gasteiger partial charge in [0.2, 0.25) is 0 Å². The second-order valence-corrected chi connectivity index (χ2v) is 12.6. The van der Waals surface area contributed by atoms with Gasteiger partial charge in [0.25, 0.3) is 0 Å². The lowest BCUT2D eigenvalue weighted by molar-refractivity contribution is 0.152. The Morgan fingerprint density at radius 1 is 0.633 bits per heavy atom. The summed E-state index contributed by atoms with van der Waals surface area (Å²) in [5, 5.41) is 7.71. The molecule has 1 aromatic rings. The van der Waals surface area contributed by atoms with Crippen LogP contribution >= 0.6 is 0 Å². The largest absolute Gasteiger partial charge is 0.326 e. The molecule has 6 N–H and O–H groups in total. The molecule has 0 saturated carbocycles. The van der Waals surface area contributed by atoms with Crippen LogP contribution in [0.4, 0.5) is 0 Å². The molecule has 2 saturated heterocycles. The minimum absolute atomic E-state index is 0.0982. The van der Waals surface area contributed by atoms with Crippen LogP contribution in [0.25, 0.3) is 0 Å². The molecular formula is C26H46N4. The Morgan fingerprint density at radius 3 is 1.13 bits per heavy atom. The van der Waals surface area contributed by atoms with Crippen molar-refractivity contribution in [2.75, 3.05) is 0 Å². The molecule has 2 fully saturated rings. The summed E-state index contributed by atoms with van der Waals surface area (Å²) >= 11 is 0. The molecule has 30 heavy (non-hydrogen) atoms. The maximum absolute atomic E-state index is 6.33. The quantitative estimate of drug-likeness (QED) is 0.578. The molecule has 2 aliphatic heterocycles. The zero-order chi connectivity index (χ0) is 22.5. The van der Waals surface area contributed by atoms with Crippen molar-refractivity contribution < 1.29 is 0 Å². The maximum atomic E-state index is 6.33. The van der Waals surface area contributed by atoms with E-state index in [-0.39, 0.29) is 22.2 Å². The second-order valence-electron chi connectivity index (χ2n) is 12.6. The lowest BCUT2D eigenvalue weighted by Crippen LogP contribution is -2.58. The van der Waals surface area contributed by atoms with E-state index >= 15 is 0 Å².